The summed E-state index contributed by atoms with van der Waals surface area (Å²) in [7, 11) is 0. The van der Waals surface area contributed by atoms with E-state index in [1.807, 2.05) is 0 Å². The average Bonchev–Trinajstić information content (AvgIpc) is 2.91. The molecule has 9 heteroatoms. The Morgan fingerprint density at radius 2 is 1.96 bits per heavy atom. The van der Waals surface area contributed by atoms with Gasteiger partial charge < -0.3 is 24.1 Å². The summed E-state index contributed by atoms with van der Waals surface area (Å²) in [6.07, 6.45) is -7.81. The maximum atomic E-state index is 12.9. The van der Waals surface area contributed by atoms with Crippen molar-refractivity contribution >= 4 is 0 Å². The molecule has 148 valence electrons. The van der Waals surface area contributed by atoms with Crippen LogP contribution in [0.5, 0.6) is 5.88 Å². The van der Waals surface area contributed by atoms with Crippen LogP contribution in [0.3, 0.4) is 0 Å². The lowest BCUT2D eigenvalue weighted by Crippen LogP contribution is -2.57. The number of hydrogen-bond acceptors (Lipinski definition) is 6. The number of alkyl halides is 3. The van der Waals surface area contributed by atoms with E-state index in [2.05, 4.69) is 16.8 Å². The van der Waals surface area contributed by atoms with E-state index in [4.69, 9.17) is 24.1 Å². The molecule has 0 bridgehead atoms. The van der Waals surface area contributed by atoms with Crippen molar-refractivity contribution in [2.45, 2.75) is 63.3 Å². The summed E-state index contributed by atoms with van der Waals surface area (Å²) in [5.41, 5.74) is -1.07. The highest BCUT2D eigenvalue weighted by atomic mass is 19.4. The van der Waals surface area contributed by atoms with E-state index in [0.717, 1.165) is 6.07 Å². The molecule has 0 aromatic carbocycles. The fourth-order valence-electron chi connectivity index (χ4n) is 3.16. The molecule has 1 N–H and O–H groups in total. The van der Waals surface area contributed by atoms with Crippen LogP contribution in [0.2, 0.25) is 0 Å². The molecule has 6 nitrogen and oxygen atoms in total. The molecule has 0 unspecified atom stereocenters. The van der Waals surface area contributed by atoms with E-state index in [1.54, 1.807) is 20.8 Å². The normalized spacial score (nSPS) is 32.3. The van der Waals surface area contributed by atoms with Gasteiger partial charge in [0.1, 0.15) is 24.5 Å². The smallest absolute Gasteiger partial charge is 0.433 e. The summed E-state index contributed by atoms with van der Waals surface area (Å²) in [5.74, 6) is 4.08. The Kier molecular flexibility index (Phi) is 5.36. The van der Waals surface area contributed by atoms with Crippen molar-refractivity contribution in [2.75, 3.05) is 6.61 Å². The first-order valence-electron chi connectivity index (χ1n) is 8.42. The molecule has 2 aliphatic rings. The maximum absolute atomic E-state index is 12.9. The molecule has 1 aromatic heterocycles. The minimum Gasteiger partial charge on any atom is -0.468 e. The fraction of sp³-hybridized carbons (Fsp3) is 0.611. The zero-order valence-corrected chi connectivity index (χ0v) is 15.0. The predicted octanol–water partition coefficient (Wildman–Crippen LogP) is 2.15. The Labute approximate surface area is 154 Å². The summed E-state index contributed by atoms with van der Waals surface area (Å²) < 4.78 is 62.1. The molecule has 1 aromatic rings. The van der Waals surface area contributed by atoms with Crippen LogP contribution in [-0.4, -0.2) is 53.0 Å². The van der Waals surface area contributed by atoms with Gasteiger partial charge in [0.15, 0.2) is 18.0 Å². The summed E-state index contributed by atoms with van der Waals surface area (Å²) >= 11 is 0. The number of rotatable bonds is 2. The Balaban J connectivity index is 1.91. The number of hydrogen-bond donors (Lipinski definition) is 1. The Morgan fingerprint density at radius 3 is 2.63 bits per heavy atom. The molecule has 0 aliphatic carbocycles. The second-order valence-corrected chi connectivity index (χ2v) is 6.75. The predicted molar refractivity (Wildman–Crippen MR) is 86.7 cm³/mol. The molecular formula is C18H20F3NO5. The topological polar surface area (TPSA) is 70.0 Å². The van der Waals surface area contributed by atoms with Gasteiger partial charge in [-0.3, -0.25) is 0 Å². The van der Waals surface area contributed by atoms with Crippen molar-refractivity contribution in [3.63, 3.8) is 0 Å². The molecule has 0 radical (unpaired) electrons. The van der Waals surface area contributed by atoms with Crippen LogP contribution in [0.25, 0.3) is 0 Å². The minimum absolute atomic E-state index is 0.226. The summed E-state index contributed by atoms with van der Waals surface area (Å²) in [5, 5.41) is 8.97. The molecule has 3 heterocycles. The molecule has 27 heavy (non-hydrogen) atoms. The van der Waals surface area contributed by atoms with Gasteiger partial charge in [-0.2, -0.15) is 13.2 Å². The second-order valence-electron chi connectivity index (χ2n) is 6.75. The maximum Gasteiger partial charge on any atom is 0.433 e. The van der Waals surface area contributed by atoms with Crippen LogP contribution in [-0.2, 0) is 20.4 Å². The number of pyridine rings is 1. The minimum atomic E-state index is -4.59. The Hall–Kier alpha value is -1.86. The quantitative estimate of drug-likeness (QED) is 0.785. The molecule has 2 aliphatic heterocycles. The third-order valence-corrected chi connectivity index (χ3v) is 4.20. The van der Waals surface area contributed by atoms with Crippen LogP contribution in [0, 0.1) is 11.8 Å². The fourth-order valence-corrected chi connectivity index (χ4v) is 3.16. The first-order chi connectivity index (χ1) is 12.6. The second kappa shape index (κ2) is 7.28. The SMILES string of the molecule is C[C@H]1O[C@H](C#CCO)[C@H](Oc2cccc(C(F)(F)F)n2)[C@H]2OC(C)(C)O[C@H]21. The number of ether oxygens (including phenoxy) is 4. The van der Waals surface area contributed by atoms with Crippen LogP contribution in [0.15, 0.2) is 18.2 Å². The number of aromatic nitrogens is 1. The molecule has 0 spiro atoms. The molecule has 0 amide bonds. The number of aliphatic hydroxyl groups is 1. The van der Waals surface area contributed by atoms with Crippen molar-refractivity contribution in [1.82, 2.24) is 4.98 Å². The van der Waals surface area contributed by atoms with Gasteiger partial charge in [0.25, 0.3) is 0 Å². The third-order valence-electron chi connectivity index (χ3n) is 4.20. The van der Waals surface area contributed by atoms with Gasteiger partial charge in [-0.25, -0.2) is 4.98 Å². The van der Waals surface area contributed by atoms with Crippen molar-refractivity contribution < 1.29 is 37.2 Å². The van der Waals surface area contributed by atoms with Crippen molar-refractivity contribution in [3.05, 3.63) is 23.9 Å². The van der Waals surface area contributed by atoms with E-state index in [9.17, 15) is 13.2 Å². The zero-order valence-electron chi connectivity index (χ0n) is 15.0. The molecule has 2 saturated heterocycles. The number of nitrogens with zero attached hydrogens (tertiary/aromatic N) is 1. The number of aliphatic hydroxyl groups excluding tert-OH is 1. The van der Waals surface area contributed by atoms with Gasteiger partial charge in [0.2, 0.25) is 5.88 Å². The standard InChI is InChI=1S/C18H20F3NO5/c1-10-14-16(27-17(2,3)26-14)15(11(24-10)6-5-9-23)25-13-8-4-7-12(22-13)18(19,20)21/h4,7-8,10-11,14-16,23H,9H2,1-3H3/t10-,11-,14+,15+,16+/m1/s1. The lowest BCUT2D eigenvalue weighted by atomic mass is 9.95. The van der Waals surface area contributed by atoms with Crippen LogP contribution in [0.4, 0.5) is 13.2 Å². The average molecular weight is 387 g/mol. The zero-order chi connectivity index (χ0) is 19.8. The van der Waals surface area contributed by atoms with E-state index < -0.39 is 42.1 Å². The first kappa shape index (κ1) is 19.9. The van der Waals surface area contributed by atoms with E-state index >= 15 is 0 Å². The largest absolute Gasteiger partial charge is 0.468 e. The lowest BCUT2D eigenvalue weighted by molar-refractivity contribution is -0.156. The highest BCUT2D eigenvalue weighted by Crippen LogP contribution is 2.39. The van der Waals surface area contributed by atoms with E-state index in [1.165, 1.54) is 12.1 Å². The monoisotopic (exact) mass is 387 g/mol. The van der Waals surface area contributed by atoms with Gasteiger partial charge in [0, 0.05) is 6.07 Å². The lowest BCUT2D eigenvalue weighted by Gasteiger charge is -2.38. The van der Waals surface area contributed by atoms with Crippen molar-refractivity contribution in [2.24, 2.45) is 0 Å². The van der Waals surface area contributed by atoms with Crippen LogP contribution >= 0.6 is 0 Å². The van der Waals surface area contributed by atoms with E-state index in [-0.39, 0.29) is 18.6 Å². The molecular weight excluding hydrogens is 367 g/mol. The molecule has 5 atom stereocenters. The van der Waals surface area contributed by atoms with Crippen LogP contribution in [0.1, 0.15) is 26.5 Å². The molecule has 0 saturated carbocycles. The summed E-state index contributed by atoms with van der Waals surface area (Å²) in [6, 6.07) is 3.38. The van der Waals surface area contributed by atoms with Gasteiger partial charge in [-0.15, -0.1) is 0 Å². The van der Waals surface area contributed by atoms with E-state index in [0.29, 0.717) is 0 Å². The number of halogens is 3. The Morgan fingerprint density at radius 1 is 1.26 bits per heavy atom. The van der Waals surface area contributed by atoms with Gasteiger partial charge in [-0.1, -0.05) is 17.9 Å². The highest BCUT2D eigenvalue weighted by Gasteiger charge is 2.55. The van der Waals surface area contributed by atoms with Gasteiger partial charge in [0.05, 0.1) is 6.10 Å². The summed E-state index contributed by atoms with van der Waals surface area (Å²) in [4.78, 5) is 3.53. The van der Waals surface area contributed by atoms with Crippen molar-refractivity contribution in [3.8, 4) is 17.7 Å². The van der Waals surface area contributed by atoms with Gasteiger partial charge >= 0.3 is 6.18 Å². The highest BCUT2D eigenvalue weighted by molar-refractivity contribution is 5.20. The third kappa shape index (κ3) is 4.35. The summed E-state index contributed by atoms with van der Waals surface area (Å²) in [6.45, 7) is 4.85. The Bertz CT molecular complexity index is 742. The van der Waals surface area contributed by atoms with Crippen molar-refractivity contribution in [1.29, 1.82) is 0 Å². The number of fused-ring (bicyclic) bond motifs is 1. The molecule has 3 rings (SSSR count). The molecule has 2 fully saturated rings. The van der Waals surface area contributed by atoms with Crippen LogP contribution < -0.4 is 4.74 Å². The first-order valence-corrected chi connectivity index (χ1v) is 8.42. The van der Waals surface area contributed by atoms with Gasteiger partial charge in [-0.05, 0) is 26.8 Å².